The van der Waals surface area contributed by atoms with Crippen molar-refractivity contribution >= 4 is 6.09 Å². The van der Waals surface area contributed by atoms with Gasteiger partial charge in [-0.3, -0.25) is 0 Å². The molecule has 2 aliphatic carbocycles. The molecule has 2 fully saturated rings. The lowest BCUT2D eigenvalue weighted by molar-refractivity contribution is 0.0284. The van der Waals surface area contributed by atoms with Crippen LogP contribution in [0.25, 0.3) is 0 Å². The average Bonchev–Trinajstić information content (AvgIpc) is 2.82. The molecule has 0 aromatic heterocycles. The molecule has 3 unspecified atom stereocenters. The summed E-state index contributed by atoms with van der Waals surface area (Å²) in [4.78, 5) is 14.3. The molecule has 1 saturated heterocycles. The van der Waals surface area contributed by atoms with Crippen LogP contribution in [0, 0.1) is 11.8 Å². The minimum Gasteiger partial charge on any atom is -0.444 e. The summed E-state index contributed by atoms with van der Waals surface area (Å²) in [6.07, 6.45) is 13.1. The molecular formula is C20H27NO3. The molecule has 3 aliphatic rings. The lowest BCUT2D eigenvalue weighted by Gasteiger charge is -2.25. The second-order valence-electron chi connectivity index (χ2n) is 7.86. The van der Waals surface area contributed by atoms with Gasteiger partial charge in [0, 0.05) is 19.0 Å². The Morgan fingerprint density at radius 3 is 2.42 bits per heavy atom. The lowest BCUT2D eigenvalue weighted by Crippen LogP contribution is -2.35. The Morgan fingerprint density at radius 2 is 1.75 bits per heavy atom. The Hall–Kier alpha value is -1.81. The number of rotatable bonds is 0. The molecular weight excluding hydrogens is 302 g/mol. The molecule has 3 rings (SSSR count). The van der Waals surface area contributed by atoms with E-state index in [1.165, 1.54) is 0 Å². The second-order valence-corrected chi connectivity index (χ2v) is 7.86. The molecule has 1 saturated carbocycles. The fraction of sp³-hybridized carbons (Fsp3) is 0.550. The van der Waals surface area contributed by atoms with Crippen molar-refractivity contribution in [2.45, 2.75) is 45.3 Å². The Labute approximate surface area is 144 Å². The molecule has 0 aromatic rings. The number of likely N-dealkylation sites (tertiary alicyclic amines) is 1. The van der Waals surface area contributed by atoms with E-state index in [1.807, 2.05) is 56.1 Å². The third-order valence-corrected chi connectivity index (χ3v) is 4.88. The van der Waals surface area contributed by atoms with Gasteiger partial charge in [0.1, 0.15) is 5.60 Å². The molecule has 4 heteroatoms. The van der Waals surface area contributed by atoms with Crippen molar-refractivity contribution in [1.29, 1.82) is 0 Å². The largest absolute Gasteiger partial charge is 0.444 e. The zero-order valence-electron chi connectivity index (χ0n) is 14.7. The third kappa shape index (κ3) is 3.64. The van der Waals surface area contributed by atoms with Crippen LogP contribution in [0.2, 0.25) is 0 Å². The van der Waals surface area contributed by atoms with Gasteiger partial charge in [0.25, 0.3) is 0 Å². The highest BCUT2D eigenvalue weighted by atomic mass is 16.6. The van der Waals surface area contributed by atoms with Crippen LogP contribution in [0.5, 0.6) is 0 Å². The van der Waals surface area contributed by atoms with Crippen molar-refractivity contribution in [2.24, 2.45) is 11.8 Å². The van der Waals surface area contributed by atoms with E-state index >= 15 is 0 Å². The van der Waals surface area contributed by atoms with Crippen molar-refractivity contribution in [3.05, 3.63) is 47.6 Å². The van der Waals surface area contributed by atoms with Gasteiger partial charge in [-0.05, 0) is 50.7 Å². The van der Waals surface area contributed by atoms with Gasteiger partial charge in [0.2, 0.25) is 0 Å². The average molecular weight is 329 g/mol. The fourth-order valence-electron chi connectivity index (χ4n) is 3.80. The van der Waals surface area contributed by atoms with Gasteiger partial charge in [-0.15, -0.1) is 0 Å². The Morgan fingerprint density at radius 1 is 1.08 bits per heavy atom. The predicted octanol–water partition coefficient (Wildman–Crippen LogP) is 3.60. The first-order valence-corrected chi connectivity index (χ1v) is 8.76. The maximum atomic E-state index is 12.4. The molecule has 0 spiro atoms. The van der Waals surface area contributed by atoms with Gasteiger partial charge < -0.3 is 14.7 Å². The molecule has 1 amide bonds. The third-order valence-electron chi connectivity index (χ3n) is 4.88. The number of hydrogen-bond donors (Lipinski definition) is 1. The van der Waals surface area contributed by atoms with Crippen LogP contribution in [0.4, 0.5) is 4.79 Å². The van der Waals surface area contributed by atoms with E-state index in [1.54, 1.807) is 0 Å². The van der Waals surface area contributed by atoms with Crippen molar-refractivity contribution in [1.82, 2.24) is 4.90 Å². The second kappa shape index (κ2) is 6.60. The first kappa shape index (κ1) is 17.0. The van der Waals surface area contributed by atoms with Crippen LogP contribution in [-0.2, 0) is 4.74 Å². The Kier molecular flexibility index (Phi) is 4.68. The highest BCUT2D eigenvalue weighted by Crippen LogP contribution is 2.41. The zero-order valence-corrected chi connectivity index (χ0v) is 14.7. The molecule has 24 heavy (non-hydrogen) atoms. The van der Waals surface area contributed by atoms with Gasteiger partial charge in [0.05, 0.1) is 6.10 Å². The number of amides is 1. The monoisotopic (exact) mass is 329 g/mol. The highest BCUT2D eigenvalue weighted by Gasteiger charge is 2.42. The normalized spacial score (nSPS) is 36.7. The Balaban J connectivity index is 1.84. The predicted molar refractivity (Wildman–Crippen MR) is 94.5 cm³/mol. The summed E-state index contributed by atoms with van der Waals surface area (Å²) >= 11 is 0. The van der Waals surface area contributed by atoms with E-state index in [0.29, 0.717) is 19.0 Å². The van der Waals surface area contributed by atoms with Crippen LogP contribution in [0.3, 0.4) is 0 Å². The van der Waals surface area contributed by atoms with Crippen molar-refractivity contribution in [3.8, 4) is 0 Å². The van der Waals surface area contributed by atoms with Gasteiger partial charge in [-0.25, -0.2) is 4.79 Å². The maximum Gasteiger partial charge on any atom is 0.410 e. The molecule has 0 bridgehead atoms. The summed E-state index contributed by atoms with van der Waals surface area (Å²) in [7, 11) is 0. The molecule has 130 valence electrons. The Bertz CT molecular complexity index is 621. The number of ether oxygens (including phenoxy) is 1. The molecule has 0 aromatic carbocycles. The van der Waals surface area contributed by atoms with E-state index in [2.05, 4.69) is 6.08 Å². The highest BCUT2D eigenvalue weighted by molar-refractivity contribution is 5.69. The number of aliphatic hydroxyl groups is 1. The van der Waals surface area contributed by atoms with Crippen molar-refractivity contribution in [3.63, 3.8) is 0 Å². The maximum absolute atomic E-state index is 12.4. The number of hydrogen-bond acceptors (Lipinski definition) is 3. The lowest BCUT2D eigenvalue weighted by atomic mass is 9.85. The number of carbonyl (C=O) groups excluding carboxylic acids is 1. The van der Waals surface area contributed by atoms with Gasteiger partial charge in [-0.2, -0.15) is 0 Å². The van der Waals surface area contributed by atoms with E-state index < -0.39 is 11.7 Å². The van der Waals surface area contributed by atoms with Gasteiger partial charge >= 0.3 is 6.09 Å². The fourth-order valence-corrected chi connectivity index (χ4v) is 3.80. The summed E-state index contributed by atoms with van der Waals surface area (Å²) in [5, 5.41) is 10.5. The van der Waals surface area contributed by atoms with Crippen LogP contribution >= 0.6 is 0 Å². The van der Waals surface area contributed by atoms with Crippen molar-refractivity contribution in [2.75, 3.05) is 13.1 Å². The first-order valence-electron chi connectivity index (χ1n) is 8.76. The van der Waals surface area contributed by atoms with Gasteiger partial charge in [0.15, 0.2) is 0 Å². The molecule has 1 heterocycles. The number of allylic oxidation sites excluding steroid dienone is 6. The van der Waals surface area contributed by atoms with E-state index in [-0.39, 0.29) is 12.0 Å². The smallest absolute Gasteiger partial charge is 0.410 e. The van der Waals surface area contributed by atoms with Crippen LogP contribution in [-0.4, -0.2) is 40.9 Å². The summed E-state index contributed by atoms with van der Waals surface area (Å²) in [6.45, 7) is 7.05. The topological polar surface area (TPSA) is 49.8 Å². The molecule has 4 nitrogen and oxygen atoms in total. The standard InChI is InChI=1S/C20H27NO3/c1-20(2,3)24-19(23)21-12-14-10-11-18(22)16-9-7-5-4-6-8-15(16)17(14)13-21/h4-9,14,17-18,22H,10-13H2,1-3H3/b5-4?,6-4-,7-5-,8-6?,9-7?,15-8+,16-9+. The SMILES string of the molecule is CC(C)(C)OC(=O)N1CC2CCC(O)C3=C/C=C\C=C/C=C\3C2C1. The summed E-state index contributed by atoms with van der Waals surface area (Å²) in [5.41, 5.74) is 1.68. The zero-order chi connectivity index (χ0) is 17.3. The molecule has 1 N–H and O–H groups in total. The van der Waals surface area contributed by atoms with E-state index in [9.17, 15) is 9.90 Å². The van der Waals surface area contributed by atoms with Crippen LogP contribution in [0.1, 0.15) is 33.6 Å². The minimum atomic E-state index is -0.476. The number of carbonyl (C=O) groups is 1. The van der Waals surface area contributed by atoms with E-state index in [4.69, 9.17) is 4.74 Å². The summed E-state index contributed by atoms with van der Waals surface area (Å²) in [5.74, 6) is 0.637. The van der Waals surface area contributed by atoms with E-state index in [0.717, 1.165) is 24.0 Å². The van der Waals surface area contributed by atoms with Crippen LogP contribution in [0.15, 0.2) is 47.6 Å². The van der Waals surface area contributed by atoms with Crippen LogP contribution < -0.4 is 0 Å². The molecule has 1 aliphatic heterocycles. The summed E-state index contributed by atoms with van der Waals surface area (Å²) < 4.78 is 5.54. The molecule has 0 radical (unpaired) electrons. The number of nitrogens with zero attached hydrogens (tertiary/aromatic N) is 1. The minimum absolute atomic E-state index is 0.233. The number of fused-ring (bicyclic) bond motifs is 3. The quantitative estimate of drug-likeness (QED) is 0.739. The first-order chi connectivity index (χ1) is 11.3. The number of aliphatic hydroxyl groups excluding tert-OH is 1. The summed E-state index contributed by atoms with van der Waals surface area (Å²) in [6, 6.07) is 0. The molecule has 3 atom stereocenters. The van der Waals surface area contributed by atoms with Gasteiger partial charge in [-0.1, -0.05) is 36.5 Å². The van der Waals surface area contributed by atoms with Crippen molar-refractivity contribution < 1.29 is 14.6 Å².